The molecule has 0 saturated carbocycles. The van der Waals surface area contributed by atoms with Crippen LogP contribution in [0.3, 0.4) is 0 Å². The Hall–Kier alpha value is 0.0900. The Labute approximate surface area is 140 Å². The van der Waals surface area contributed by atoms with Gasteiger partial charge in [0, 0.05) is 6.54 Å². The molecule has 0 aromatic heterocycles. The second-order valence-corrected chi connectivity index (χ2v) is 6.42. The predicted molar refractivity (Wildman–Crippen MR) is 90.3 cm³/mol. The Morgan fingerprint density at radius 2 is 1.50 bits per heavy atom. The van der Waals surface area contributed by atoms with Crippen molar-refractivity contribution in [1.29, 1.82) is 0 Å². The Bertz CT molecular complexity index is 283. The average molecular weight is 340 g/mol. The fourth-order valence-electron chi connectivity index (χ4n) is 3.11. The first-order chi connectivity index (χ1) is 10.1. The van der Waals surface area contributed by atoms with E-state index in [-0.39, 0.29) is 25.6 Å². The zero-order valence-corrected chi connectivity index (χ0v) is 14.5. The monoisotopic (exact) mass is 339 g/mol. The van der Waals surface area contributed by atoms with Crippen LogP contribution in [0.15, 0.2) is 0 Å². The number of piperidine rings is 1. The van der Waals surface area contributed by atoms with Gasteiger partial charge < -0.3 is 25.7 Å². The minimum atomic E-state index is -1.19. The molecule has 134 valence electrons. The molecule has 4 atom stereocenters. The van der Waals surface area contributed by atoms with Crippen LogP contribution in [0.2, 0.25) is 0 Å². The van der Waals surface area contributed by atoms with Gasteiger partial charge in [-0.25, -0.2) is 0 Å². The maximum Gasteiger partial charge on any atom is 0.109 e. The first-order valence-electron chi connectivity index (χ1n) is 8.47. The second kappa shape index (κ2) is 11.6. The number of nitrogens with one attached hydrogen (secondary N) is 1. The third kappa shape index (κ3) is 6.30. The smallest absolute Gasteiger partial charge is 0.109 e. The molecule has 0 bridgehead atoms. The van der Waals surface area contributed by atoms with Crippen molar-refractivity contribution in [2.24, 2.45) is 0 Å². The quantitative estimate of drug-likeness (QED) is 0.387. The zero-order chi connectivity index (χ0) is 15.7. The summed E-state index contributed by atoms with van der Waals surface area (Å²) in [6, 6.07) is 0. The van der Waals surface area contributed by atoms with Gasteiger partial charge in [0.1, 0.15) is 12.2 Å². The molecule has 0 spiro atoms. The number of hydrogen-bond acceptors (Lipinski definition) is 5. The molecule has 5 nitrogen and oxygen atoms in total. The molecule has 22 heavy (non-hydrogen) atoms. The molecule has 0 aliphatic carbocycles. The summed E-state index contributed by atoms with van der Waals surface area (Å²) in [5.74, 6) is 0. The molecule has 1 rings (SSSR count). The molecule has 0 aromatic rings. The summed E-state index contributed by atoms with van der Waals surface area (Å²) in [6.07, 6.45) is 6.87. The van der Waals surface area contributed by atoms with Crippen LogP contribution >= 0.6 is 12.4 Å². The lowest BCUT2D eigenvalue weighted by Gasteiger charge is -2.45. The number of β-amino-alcohol motifs (C(OH)–C–C–N with tert-alkyl or cyclic N) is 1. The Balaban J connectivity index is 0.00000441. The van der Waals surface area contributed by atoms with Crippen LogP contribution in [0, 0.1) is 0 Å². The standard InChI is InChI=1S/C16H33NO4.ClH/c1-2-3-4-5-6-7-8-9-10-16(12-18)15(21)14(20)13(19)11-17-16;/h13-15,17-21H,2-12H2,1H3;1H/t13-,14+,15-,16+;/m0./s1. The van der Waals surface area contributed by atoms with E-state index < -0.39 is 23.9 Å². The highest BCUT2D eigenvalue weighted by molar-refractivity contribution is 5.85. The molecule has 1 heterocycles. The van der Waals surface area contributed by atoms with Crippen molar-refractivity contribution >= 4 is 12.4 Å². The fraction of sp³-hybridized carbons (Fsp3) is 1.00. The molecule has 0 aromatic carbocycles. The number of hydrogen-bond donors (Lipinski definition) is 5. The van der Waals surface area contributed by atoms with Crippen LogP contribution in [-0.2, 0) is 0 Å². The maximum atomic E-state index is 10.1. The molecular weight excluding hydrogens is 306 g/mol. The molecular formula is C16H34ClNO4. The second-order valence-electron chi connectivity index (χ2n) is 6.42. The molecule has 1 fully saturated rings. The van der Waals surface area contributed by atoms with Crippen LogP contribution in [0.25, 0.3) is 0 Å². The lowest BCUT2D eigenvalue weighted by molar-refractivity contribution is -0.135. The Morgan fingerprint density at radius 1 is 0.955 bits per heavy atom. The first-order valence-corrected chi connectivity index (χ1v) is 8.47. The zero-order valence-electron chi connectivity index (χ0n) is 13.7. The van der Waals surface area contributed by atoms with Gasteiger partial charge in [0.2, 0.25) is 0 Å². The van der Waals surface area contributed by atoms with E-state index in [1.807, 2.05) is 0 Å². The summed E-state index contributed by atoms with van der Waals surface area (Å²) in [4.78, 5) is 0. The van der Waals surface area contributed by atoms with Gasteiger partial charge in [-0.1, -0.05) is 58.3 Å². The first kappa shape index (κ1) is 22.1. The summed E-state index contributed by atoms with van der Waals surface area (Å²) >= 11 is 0. The highest BCUT2D eigenvalue weighted by Gasteiger charge is 2.46. The van der Waals surface area contributed by atoms with Crippen LogP contribution < -0.4 is 5.32 Å². The summed E-state index contributed by atoms with van der Waals surface area (Å²) in [5, 5.41) is 42.1. The van der Waals surface area contributed by atoms with Gasteiger partial charge in [0.25, 0.3) is 0 Å². The number of aliphatic hydroxyl groups excluding tert-OH is 4. The SMILES string of the molecule is CCCCCCCCCC[C@]1(CO)NC[C@H](O)[C@@H](O)[C@@H]1O.Cl. The van der Waals surface area contributed by atoms with Crippen molar-refractivity contribution in [3.8, 4) is 0 Å². The largest absolute Gasteiger partial charge is 0.394 e. The molecule has 1 aliphatic rings. The normalized spacial score (nSPS) is 31.8. The van der Waals surface area contributed by atoms with Crippen LogP contribution in [-0.4, -0.2) is 57.4 Å². The van der Waals surface area contributed by atoms with Gasteiger partial charge >= 0.3 is 0 Å². The van der Waals surface area contributed by atoms with E-state index in [9.17, 15) is 20.4 Å². The molecule has 1 aliphatic heterocycles. The molecule has 0 radical (unpaired) electrons. The van der Waals surface area contributed by atoms with Crippen molar-refractivity contribution in [1.82, 2.24) is 5.32 Å². The Kier molecular flexibility index (Phi) is 11.6. The summed E-state index contributed by atoms with van der Waals surface area (Å²) in [6.45, 7) is 2.19. The van der Waals surface area contributed by atoms with E-state index in [0.29, 0.717) is 6.42 Å². The maximum absolute atomic E-state index is 10.1. The van der Waals surface area contributed by atoms with Crippen LogP contribution in [0.4, 0.5) is 0 Å². The minimum Gasteiger partial charge on any atom is -0.394 e. The number of rotatable bonds is 10. The van der Waals surface area contributed by atoms with Crippen molar-refractivity contribution in [3.05, 3.63) is 0 Å². The average Bonchev–Trinajstić information content (AvgIpc) is 2.50. The summed E-state index contributed by atoms with van der Waals surface area (Å²) in [7, 11) is 0. The minimum absolute atomic E-state index is 0. The van der Waals surface area contributed by atoms with Gasteiger partial charge in [-0.2, -0.15) is 0 Å². The van der Waals surface area contributed by atoms with Crippen molar-refractivity contribution in [2.75, 3.05) is 13.2 Å². The van der Waals surface area contributed by atoms with E-state index >= 15 is 0 Å². The third-order valence-corrected chi connectivity index (χ3v) is 4.71. The highest BCUT2D eigenvalue weighted by atomic mass is 35.5. The Morgan fingerprint density at radius 3 is 2.05 bits per heavy atom. The number of aliphatic hydroxyl groups is 4. The number of halogens is 1. The van der Waals surface area contributed by atoms with Gasteiger partial charge in [-0.15, -0.1) is 12.4 Å². The van der Waals surface area contributed by atoms with Crippen molar-refractivity contribution < 1.29 is 20.4 Å². The highest BCUT2D eigenvalue weighted by Crippen LogP contribution is 2.26. The molecule has 0 unspecified atom stereocenters. The van der Waals surface area contributed by atoms with E-state index in [2.05, 4.69) is 12.2 Å². The van der Waals surface area contributed by atoms with Gasteiger partial charge in [0.15, 0.2) is 0 Å². The van der Waals surface area contributed by atoms with Crippen molar-refractivity contribution in [3.63, 3.8) is 0 Å². The third-order valence-electron chi connectivity index (χ3n) is 4.71. The lowest BCUT2D eigenvalue weighted by Crippen LogP contribution is -2.69. The fourth-order valence-corrected chi connectivity index (χ4v) is 3.11. The van der Waals surface area contributed by atoms with Crippen LogP contribution in [0.1, 0.15) is 64.7 Å². The van der Waals surface area contributed by atoms with E-state index in [1.54, 1.807) is 0 Å². The molecule has 5 N–H and O–H groups in total. The van der Waals surface area contributed by atoms with Crippen LogP contribution in [0.5, 0.6) is 0 Å². The molecule has 1 saturated heterocycles. The van der Waals surface area contributed by atoms with Gasteiger partial charge in [-0.05, 0) is 6.42 Å². The topological polar surface area (TPSA) is 93.0 Å². The van der Waals surface area contributed by atoms with E-state index in [0.717, 1.165) is 12.8 Å². The summed E-state index contributed by atoms with van der Waals surface area (Å²) in [5.41, 5.74) is -0.874. The molecule has 0 amide bonds. The number of unbranched alkanes of at least 4 members (excludes halogenated alkanes) is 7. The van der Waals surface area contributed by atoms with Crippen molar-refractivity contribution in [2.45, 2.75) is 88.6 Å². The predicted octanol–water partition coefficient (Wildman–Crippen LogP) is 1.36. The molecule has 6 heteroatoms. The van der Waals surface area contributed by atoms with E-state index in [4.69, 9.17) is 0 Å². The lowest BCUT2D eigenvalue weighted by atomic mass is 9.79. The van der Waals surface area contributed by atoms with Gasteiger partial charge in [0.05, 0.1) is 18.2 Å². The van der Waals surface area contributed by atoms with Gasteiger partial charge in [-0.3, -0.25) is 0 Å². The summed E-state index contributed by atoms with van der Waals surface area (Å²) < 4.78 is 0. The van der Waals surface area contributed by atoms with E-state index in [1.165, 1.54) is 38.5 Å².